The van der Waals surface area contributed by atoms with Crippen LogP contribution in [0.4, 0.5) is 0 Å². The third-order valence-electron chi connectivity index (χ3n) is 2.45. The molecule has 0 spiro atoms. The summed E-state index contributed by atoms with van der Waals surface area (Å²) in [7, 11) is 0. The standard InChI is InChI=1S/C8H16O4/c1-3-5(9)7-8(2,11)6(10)4-12-7/h5-7,9-11H,3-4H2,1-2H3/t5?,6?,7?,8-/m0/s1. The lowest BCUT2D eigenvalue weighted by Crippen LogP contribution is -2.49. The molecule has 72 valence electrons. The third kappa shape index (κ3) is 1.47. The molecule has 0 aliphatic carbocycles. The van der Waals surface area contributed by atoms with Gasteiger partial charge in [0.15, 0.2) is 0 Å². The Labute approximate surface area is 71.8 Å². The van der Waals surface area contributed by atoms with Gasteiger partial charge in [-0.05, 0) is 13.3 Å². The molecule has 0 aromatic rings. The summed E-state index contributed by atoms with van der Waals surface area (Å²) in [5.41, 5.74) is -1.32. The highest BCUT2D eigenvalue weighted by atomic mass is 16.5. The van der Waals surface area contributed by atoms with E-state index in [0.29, 0.717) is 6.42 Å². The van der Waals surface area contributed by atoms with Crippen LogP contribution in [0.5, 0.6) is 0 Å². The van der Waals surface area contributed by atoms with Gasteiger partial charge >= 0.3 is 0 Å². The summed E-state index contributed by atoms with van der Waals surface area (Å²) in [4.78, 5) is 0. The normalized spacial score (nSPS) is 44.8. The number of rotatable bonds is 2. The lowest BCUT2D eigenvalue weighted by atomic mass is 9.91. The summed E-state index contributed by atoms with van der Waals surface area (Å²) in [6.07, 6.45) is -1.77. The van der Waals surface area contributed by atoms with Crippen LogP contribution in [0.3, 0.4) is 0 Å². The van der Waals surface area contributed by atoms with Crippen LogP contribution in [0.15, 0.2) is 0 Å². The Hall–Kier alpha value is -0.160. The van der Waals surface area contributed by atoms with Gasteiger partial charge in [-0.2, -0.15) is 0 Å². The predicted octanol–water partition coefficient (Wildman–Crippen LogP) is -0.732. The van der Waals surface area contributed by atoms with Crippen molar-refractivity contribution in [1.29, 1.82) is 0 Å². The molecular formula is C8H16O4. The summed E-state index contributed by atoms with van der Waals surface area (Å²) in [5.74, 6) is 0. The van der Waals surface area contributed by atoms with E-state index in [1.54, 1.807) is 6.92 Å². The summed E-state index contributed by atoms with van der Waals surface area (Å²) in [6, 6.07) is 0. The zero-order chi connectivity index (χ0) is 9.35. The maximum atomic E-state index is 9.69. The number of hydrogen-bond acceptors (Lipinski definition) is 4. The smallest absolute Gasteiger partial charge is 0.118 e. The van der Waals surface area contributed by atoms with E-state index in [-0.39, 0.29) is 6.61 Å². The zero-order valence-corrected chi connectivity index (χ0v) is 7.40. The van der Waals surface area contributed by atoms with E-state index in [4.69, 9.17) is 4.74 Å². The van der Waals surface area contributed by atoms with E-state index < -0.39 is 23.9 Å². The quantitative estimate of drug-likeness (QED) is 0.518. The second-order valence-electron chi connectivity index (χ2n) is 3.47. The molecule has 1 heterocycles. The van der Waals surface area contributed by atoms with E-state index in [2.05, 4.69) is 0 Å². The van der Waals surface area contributed by atoms with E-state index in [1.807, 2.05) is 0 Å². The van der Waals surface area contributed by atoms with Crippen LogP contribution in [0.2, 0.25) is 0 Å². The monoisotopic (exact) mass is 176 g/mol. The maximum absolute atomic E-state index is 9.69. The van der Waals surface area contributed by atoms with Crippen molar-refractivity contribution in [3.63, 3.8) is 0 Å². The van der Waals surface area contributed by atoms with Gasteiger partial charge in [0.2, 0.25) is 0 Å². The van der Waals surface area contributed by atoms with Crippen molar-refractivity contribution >= 4 is 0 Å². The van der Waals surface area contributed by atoms with E-state index in [0.717, 1.165) is 0 Å². The van der Waals surface area contributed by atoms with Gasteiger partial charge in [0.25, 0.3) is 0 Å². The summed E-state index contributed by atoms with van der Waals surface area (Å²) in [5, 5.41) is 28.4. The Balaban J connectivity index is 2.67. The lowest BCUT2D eigenvalue weighted by Gasteiger charge is -2.29. The highest BCUT2D eigenvalue weighted by Crippen LogP contribution is 2.28. The highest BCUT2D eigenvalue weighted by Gasteiger charge is 2.48. The Morgan fingerprint density at radius 3 is 2.58 bits per heavy atom. The van der Waals surface area contributed by atoms with Gasteiger partial charge in [-0.1, -0.05) is 6.92 Å². The van der Waals surface area contributed by atoms with E-state index in [9.17, 15) is 15.3 Å². The summed E-state index contributed by atoms with van der Waals surface area (Å²) >= 11 is 0. The van der Waals surface area contributed by atoms with Crippen molar-refractivity contribution in [3.8, 4) is 0 Å². The minimum absolute atomic E-state index is 0.0920. The largest absolute Gasteiger partial charge is 0.390 e. The van der Waals surface area contributed by atoms with Gasteiger partial charge in [-0.3, -0.25) is 0 Å². The molecule has 3 N–H and O–H groups in total. The first kappa shape index (κ1) is 9.92. The first-order valence-corrected chi connectivity index (χ1v) is 4.20. The molecule has 1 fully saturated rings. The highest BCUT2D eigenvalue weighted by molar-refractivity contribution is 4.98. The predicted molar refractivity (Wildman–Crippen MR) is 42.7 cm³/mol. The molecular weight excluding hydrogens is 160 g/mol. The van der Waals surface area contributed by atoms with Gasteiger partial charge in [0, 0.05) is 0 Å². The number of hydrogen-bond donors (Lipinski definition) is 3. The number of aliphatic hydroxyl groups is 3. The van der Waals surface area contributed by atoms with Crippen LogP contribution in [0, 0.1) is 0 Å². The summed E-state index contributed by atoms with van der Waals surface area (Å²) < 4.78 is 5.08. The van der Waals surface area contributed by atoms with Crippen LogP contribution < -0.4 is 0 Å². The fourth-order valence-electron chi connectivity index (χ4n) is 1.44. The maximum Gasteiger partial charge on any atom is 0.118 e. The van der Waals surface area contributed by atoms with E-state index in [1.165, 1.54) is 6.92 Å². The Kier molecular flexibility index (Phi) is 2.73. The van der Waals surface area contributed by atoms with Crippen molar-refractivity contribution in [2.45, 2.75) is 44.2 Å². The molecule has 0 bridgehead atoms. The first-order chi connectivity index (χ1) is 5.50. The first-order valence-electron chi connectivity index (χ1n) is 4.20. The van der Waals surface area contributed by atoms with Crippen molar-refractivity contribution in [3.05, 3.63) is 0 Å². The van der Waals surface area contributed by atoms with Crippen molar-refractivity contribution < 1.29 is 20.1 Å². The molecule has 0 aromatic carbocycles. The minimum Gasteiger partial charge on any atom is -0.390 e. The average molecular weight is 176 g/mol. The van der Waals surface area contributed by atoms with Crippen molar-refractivity contribution in [2.24, 2.45) is 0 Å². The SMILES string of the molecule is CCC(O)C1OCC(O)[C@]1(C)O. The minimum atomic E-state index is -1.32. The lowest BCUT2D eigenvalue weighted by molar-refractivity contribution is -0.107. The van der Waals surface area contributed by atoms with Crippen LogP contribution in [-0.4, -0.2) is 45.8 Å². The van der Waals surface area contributed by atoms with Crippen molar-refractivity contribution in [2.75, 3.05) is 6.61 Å². The topological polar surface area (TPSA) is 69.9 Å². The molecule has 12 heavy (non-hydrogen) atoms. The fourth-order valence-corrected chi connectivity index (χ4v) is 1.44. The van der Waals surface area contributed by atoms with Crippen LogP contribution in [0.1, 0.15) is 20.3 Å². The Bertz CT molecular complexity index is 157. The zero-order valence-electron chi connectivity index (χ0n) is 7.40. The molecule has 4 atom stereocenters. The molecule has 3 unspecified atom stereocenters. The van der Waals surface area contributed by atoms with Gasteiger partial charge in [0.1, 0.15) is 17.8 Å². The van der Waals surface area contributed by atoms with Crippen LogP contribution in [-0.2, 0) is 4.74 Å². The molecule has 0 aromatic heterocycles. The average Bonchev–Trinajstić information content (AvgIpc) is 2.27. The van der Waals surface area contributed by atoms with Gasteiger partial charge in [0.05, 0.1) is 12.7 Å². The van der Waals surface area contributed by atoms with E-state index >= 15 is 0 Å². The molecule has 1 rings (SSSR count). The number of ether oxygens (including phenoxy) is 1. The molecule has 0 radical (unpaired) electrons. The van der Waals surface area contributed by atoms with Crippen LogP contribution >= 0.6 is 0 Å². The van der Waals surface area contributed by atoms with Gasteiger partial charge < -0.3 is 20.1 Å². The molecule has 4 nitrogen and oxygen atoms in total. The number of aliphatic hydroxyl groups excluding tert-OH is 2. The second kappa shape index (κ2) is 3.30. The molecule has 1 aliphatic rings. The molecule has 0 amide bonds. The second-order valence-corrected chi connectivity index (χ2v) is 3.47. The third-order valence-corrected chi connectivity index (χ3v) is 2.45. The summed E-state index contributed by atoms with van der Waals surface area (Å²) in [6.45, 7) is 3.37. The van der Waals surface area contributed by atoms with Gasteiger partial charge in [-0.25, -0.2) is 0 Å². The Morgan fingerprint density at radius 1 is 1.67 bits per heavy atom. The van der Waals surface area contributed by atoms with Crippen molar-refractivity contribution in [1.82, 2.24) is 0 Å². The Morgan fingerprint density at radius 2 is 2.25 bits per heavy atom. The molecule has 4 heteroatoms. The molecule has 1 aliphatic heterocycles. The van der Waals surface area contributed by atoms with Gasteiger partial charge in [-0.15, -0.1) is 0 Å². The van der Waals surface area contributed by atoms with Crippen LogP contribution in [0.25, 0.3) is 0 Å². The fraction of sp³-hybridized carbons (Fsp3) is 1.00. The molecule has 1 saturated heterocycles. The molecule has 0 saturated carbocycles.